The van der Waals surface area contributed by atoms with Crippen LogP contribution in [-0.4, -0.2) is 46.9 Å². The fourth-order valence-electron chi connectivity index (χ4n) is 8.74. The van der Waals surface area contributed by atoms with Gasteiger partial charge in [0.05, 0.1) is 25.2 Å². The van der Waals surface area contributed by atoms with E-state index < -0.39 is 18.2 Å². The molecule has 0 aromatic heterocycles. The third-order valence-electron chi connectivity index (χ3n) is 13.0. The number of aliphatic hydroxyl groups excluding tert-OH is 2. The maximum absolute atomic E-state index is 13.3. The van der Waals surface area contributed by atoms with Crippen LogP contribution in [0, 0.1) is 0 Å². The van der Waals surface area contributed by atoms with Crippen LogP contribution in [0.15, 0.2) is 48.6 Å². The SMILES string of the molecule is CC/C=C/C=C/C=C\C=C/CCCCCC(=O)OC(CCCCCCCCCCCCCCCCCCC)CC(=O)NC(CO)C(O)CCCCCCCCCCCCCCCCCC. The van der Waals surface area contributed by atoms with E-state index in [0.29, 0.717) is 19.3 Å². The van der Waals surface area contributed by atoms with Crippen LogP contribution in [0.1, 0.15) is 290 Å². The highest BCUT2D eigenvalue weighted by Gasteiger charge is 2.24. The lowest BCUT2D eigenvalue weighted by molar-refractivity contribution is -0.151. The Balaban J connectivity index is 4.56. The molecule has 0 rings (SSSR count). The van der Waals surface area contributed by atoms with Gasteiger partial charge in [-0.3, -0.25) is 9.59 Å². The van der Waals surface area contributed by atoms with E-state index in [1.165, 1.54) is 180 Å². The number of ether oxygens (including phenoxy) is 1. The zero-order chi connectivity index (χ0) is 47.4. The molecule has 3 unspecified atom stereocenters. The van der Waals surface area contributed by atoms with E-state index in [4.69, 9.17) is 4.74 Å². The highest BCUT2D eigenvalue weighted by Crippen LogP contribution is 2.19. The van der Waals surface area contributed by atoms with Crippen molar-refractivity contribution in [2.75, 3.05) is 6.61 Å². The van der Waals surface area contributed by atoms with Crippen LogP contribution in [0.3, 0.4) is 0 Å². The van der Waals surface area contributed by atoms with Gasteiger partial charge in [-0.25, -0.2) is 0 Å². The van der Waals surface area contributed by atoms with Crippen molar-refractivity contribution >= 4 is 11.9 Å². The summed E-state index contributed by atoms with van der Waals surface area (Å²) in [6.45, 7) is 6.37. The molecule has 0 aromatic carbocycles. The number of allylic oxidation sites excluding steroid dienone is 8. The molecule has 6 nitrogen and oxygen atoms in total. The second-order valence-corrected chi connectivity index (χ2v) is 19.4. The summed E-state index contributed by atoms with van der Waals surface area (Å²) in [5, 5.41) is 23.9. The summed E-state index contributed by atoms with van der Waals surface area (Å²) in [5.41, 5.74) is 0. The van der Waals surface area contributed by atoms with Gasteiger partial charge < -0.3 is 20.3 Å². The van der Waals surface area contributed by atoms with E-state index >= 15 is 0 Å². The van der Waals surface area contributed by atoms with Crippen LogP contribution < -0.4 is 5.32 Å². The van der Waals surface area contributed by atoms with Gasteiger partial charge in [-0.15, -0.1) is 0 Å². The van der Waals surface area contributed by atoms with Crippen molar-refractivity contribution in [3.63, 3.8) is 0 Å². The van der Waals surface area contributed by atoms with Crippen LogP contribution in [0.2, 0.25) is 0 Å². The maximum atomic E-state index is 13.3. The van der Waals surface area contributed by atoms with E-state index in [1.807, 2.05) is 24.3 Å². The first-order chi connectivity index (χ1) is 32.0. The topological polar surface area (TPSA) is 95.9 Å². The van der Waals surface area contributed by atoms with Gasteiger partial charge in [0.25, 0.3) is 0 Å². The second kappa shape index (κ2) is 52.8. The molecule has 0 heterocycles. The van der Waals surface area contributed by atoms with Gasteiger partial charge in [-0.2, -0.15) is 0 Å². The first-order valence-electron chi connectivity index (χ1n) is 28.4. The average Bonchev–Trinajstić information content (AvgIpc) is 3.30. The molecule has 0 aliphatic carbocycles. The van der Waals surface area contributed by atoms with E-state index in [2.05, 4.69) is 50.4 Å². The molecule has 3 atom stereocenters. The number of rotatable bonds is 51. The molecule has 6 heteroatoms. The number of hydrogen-bond acceptors (Lipinski definition) is 5. The van der Waals surface area contributed by atoms with Gasteiger partial charge in [0.2, 0.25) is 5.91 Å². The summed E-state index contributed by atoms with van der Waals surface area (Å²) in [6, 6.07) is -0.709. The number of aliphatic hydroxyl groups is 2. The van der Waals surface area contributed by atoms with Crippen molar-refractivity contribution in [3.05, 3.63) is 48.6 Å². The molecule has 0 aromatic rings. The molecule has 0 aliphatic rings. The first-order valence-corrected chi connectivity index (χ1v) is 28.4. The molecule has 0 saturated heterocycles. The molecule has 1 amide bonds. The lowest BCUT2D eigenvalue weighted by atomic mass is 10.0. The Morgan fingerprint density at radius 2 is 0.831 bits per heavy atom. The quantitative estimate of drug-likeness (QED) is 0.0321. The summed E-state index contributed by atoms with van der Waals surface area (Å²) in [4.78, 5) is 26.2. The zero-order valence-electron chi connectivity index (χ0n) is 43.4. The molecule has 0 fully saturated rings. The zero-order valence-corrected chi connectivity index (χ0v) is 43.4. The van der Waals surface area contributed by atoms with Crippen molar-refractivity contribution in [1.82, 2.24) is 5.32 Å². The summed E-state index contributed by atoms with van der Waals surface area (Å²) in [6.07, 6.45) is 64.6. The van der Waals surface area contributed by atoms with Crippen molar-refractivity contribution in [2.45, 2.75) is 309 Å². The minimum atomic E-state index is -0.794. The summed E-state index contributed by atoms with van der Waals surface area (Å²) in [5.74, 6) is -0.506. The highest BCUT2D eigenvalue weighted by molar-refractivity contribution is 5.77. The Hall–Kier alpha value is -2.18. The molecule has 0 bridgehead atoms. The lowest BCUT2D eigenvalue weighted by Crippen LogP contribution is -2.46. The van der Waals surface area contributed by atoms with E-state index in [1.54, 1.807) is 0 Å². The number of amides is 1. The Morgan fingerprint density at radius 3 is 1.25 bits per heavy atom. The number of carbonyl (C=O) groups excluding carboxylic acids is 2. The third kappa shape index (κ3) is 48.1. The maximum Gasteiger partial charge on any atom is 0.306 e. The van der Waals surface area contributed by atoms with E-state index in [-0.39, 0.29) is 24.9 Å². The second-order valence-electron chi connectivity index (χ2n) is 19.4. The van der Waals surface area contributed by atoms with Gasteiger partial charge >= 0.3 is 5.97 Å². The lowest BCUT2D eigenvalue weighted by Gasteiger charge is -2.24. The third-order valence-corrected chi connectivity index (χ3v) is 13.0. The minimum Gasteiger partial charge on any atom is -0.462 e. The fraction of sp³-hybridized carbons (Fsp3) is 0.831. The smallest absolute Gasteiger partial charge is 0.306 e. The molecule has 0 radical (unpaired) electrons. The molecule has 0 aliphatic heterocycles. The molecule has 3 N–H and O–H groups in total. The molecular weight excluding hydrogens is 803 g/mol. The summed E-state index contributed by atoms with van der Waals surface area (Å²) >= 11 is 0. The number of unbranched alkanes of at least 4 members (excludes halogenated alkanes) is 34. The van der Waals surface area contributed by atoms with Gasteiger partial charge in [0.15, 0.2) is 0 Å². The Labute approximate surface area is 404 Å². The van der Waals surface area contributed by atoms with Gasteiger partial charge in [-0.1, -0.05) is 281 Å². The fourth-order valence-corrected chi connectivity index (χ4v) is 8.74. The minimum absolute atomic E-state index is 0.0647. The van der Waals surface area contributed by atoms with Crippen molar-refractivity contribution in [1.29, 1.82) is 0 Å². The molecular formula is C59H109NO5. The van der Waals surface area contributed by atoms with Gasteiger partial charge in [0, 0.05) is 6.42 Å². The Morgan fingerprint density at radius 1 is 0.462 bits per heavy atom. The normalized spacial score (nSPS) is 13.5. The van der Waals surface area contributed by atoms with Crippen molar-refractivity contribution in [2.24, 2.45) is 0 Å². The average molecular weight is 913 g/mol. The largest absolute Gasteiger partial charge is 0.462 e. The van der Waals surface area contributed by atoms with Crippen LogP contribution >= 0.6 is 0 Å². The van der Waals surface area contributed by atoms with Crippen LogP contribution in [0.25, 0.3) is 0 Å². The highest BCUT2D eigenvalue weighted by atomic mass is 16.5. The van der Waals surface area contributed by atoms with Crippen LogP contribution in [0.4, 0.5) is 0 Å². The number of nitrogens with one attached hydrogen (secondary N) is 1. The van der Waals surface area contributed by atoms with E-state index in [0.717, 1.165) is 64.2 Å². The molecule has 380 valence electrons. The predicted molar refractivity (Wildman–Crippen MR) is 282 cm³/mol. The molecule has 65 heavy (non-hydrogen) atoms. The molecule has 0 saturated carbocycles. The van der Waals surface area contributed by atoms with Crippen LogP contribution in [0.5, 0.6) is 0 Å². The van der Waals surface area contributed by atoms with Crippen molar-refractivity contribution < 1.29 is 24.5 Å². The van der Waals surface area contributed by atoms with Gasteiger partial charge in [-0.05, 0) is 44.9 Å². The number of carbonyl (C=O) groups is 2. The van der Waals surface area contributed by atoms with E-state index in [9.17, 15) is 19.8 Å². The first kappa shape index (κ1) is 62.8. The Kier molecular flexibility index (Phi) is 51.0. The predicted octanol–water partition coefficient (Wildman–Crippen LogP) is 17.4. The van der Waals surface area contributed by atoms with Crippen molar-refractivity contribution in [3.8, 4) is 0 Å². The Bertz CT molecular complexity index is 1110. The monoisotopic (exact) mass is 912 g/mol. The van der Waals surface area contributed by atoms with Gasteiger partial charge in [0.1, 0.15) is 6.10 Å². The molecule has 0 spiro atoms. The summed E-state index contributed by atoms with van der Waals surface area (Å²) in [7, 11) is 0. The standard InChI is InChI=1S/C59H109NO5/c1-4-7-10-13-16-19-22-25-27-29-30-33-35-38-41-44-47-50-55(65-59(64)52-49-46-43-40-37-32-24-21-18-15-12-9-6-3)53-58(63)60-56(54-61)57(62)51-48-45-42-39-36-34-31-28-26-23-20-17-14-11-8-5-2/h9,12,15,18,21,24,32,37,55-57,61-62H,4-8,10-11,13-14,16-17,19-20,22-23,25-31,33-36,38-54H2,1-3H3,(H,60,63)/b12-9+,18-15+,24-21-,37-32-. The van der Waals surface area contributed by atoms with Crippen LogP contribution in [-0.2, 0) is 14.3 Å². The summed E-state index contributed by atoms with van der Waals surface area (Å²) < 4.78 is 5.94. The number of hydrogen-bond donors (Lipinski definition) is 3. The number of esters is 1.